The normalized spacial score (nSPS) is 26.0. The van der Waals surface area contributed by atoms with Crippen LogP contribution in [0.3, 0.4) is 0 Å². The quantitative estimate of drug-likeness (QED) is 0.834. The molecule has 0 unspecified atom stereocenters. The average molecular weight is 343 g/mol. The van der Waals surface area contributed by atoms with Crippen LogP contribution in [-0.2, 0) is 17.7 Å². The second kappa shape index (κ2) is 7.74. The van der Waals surface area contributed by atoms with Crippen LogP contribution in [0, 0.1) is 0 Å². The summed E-state index contributed by atoms with van der Waals surface area (Å²) in [7, 11) is 0. The molecule has 128 valence electrons. The molecule has 4 rings (SSSR count). The van der Waals surface area contributed by atoms with Crippen LogP contribution in [0.1, 0.15) is 17.0 Å². The molecule has 1 aromatic heterocycles. The van der Waals surface area contributed by atoms with E-state index in [0.29, 0.717) is 12.1 Å². The van der Waals surface area contributed by atoms with Crippen molar-refractivity contribution in [3.8, 4) is 0 Å². The first kappa shape index (κ1) is 16.2. The number of thiazole rings is 1. The van der Waals surface area contributed by atoms with Gasteiger partial charge in [0.2, 0.25) is 0 Å². The summed E-state index contributed by atoms with van der Waals surface area (Å²) in [5.41, 5.74) is 1.44. The highest BCUT2D eigenvalue weighted by Crippen LogP contribution is 2.28. The van der Waals surface area contributed by atoms with Crippen molar-refractivity contribution in [2.45, 2.75) is 31.5 Å². The minimum Gasteiger partial charge on any atom is -0.379 e. The van der Waals surface area contributed by atoms with Gasteiger partial charge in [-0.25, -0.2) is 4.98 Å². The van der Waals surface area contributed by atoms with Gasteiger partial charge in [0.25, 0.3) is 0 Å². The fourth-order valence-corrected chi connectivity index (χ4v) is 4.70. The standard InChI is InChI=1S/C19H25N3OS/c1-2-4-16(5-3-1)14-18-17(21-9-11-23-12-10-21)6-8-22(18)15-19-20-7-13-24-19/h1-5,7,13,17-18H,6,8-12,14-15H2/t17-,18+/m0/s1. The van der Waals surface area contributed by atoms with E-state index in [4.69, 9.17) is 4.74 Å². The molecule has 0 N–H and O–H groups in total. The highest BCUT2D eigenvalue weighted by Gasteiger charge is 2.38. The molecule has 0 spiro atoms. The van der Waals surface area contributed by atoms with Crippen LogP contribution in [0.15, 0.2) is 41.9 Å². The van der Waals surface area contributed by atoms with Crippen LogP contribution in [0.5, 0.6) is 0 Å². The second-order valence-electron chi connectivity index (χ2n) is 6.66. The summed E-state index contributed by atoms with van der Waals surface area (Å²) in [5, 5.41) is 3.31. The van der Waals surface area contributed by atoms with E-state index in [1.807, 2.05) is 6.20 Å². The van der Waals surface area contributed by atoms with E-state index < -0.39 is 0 Å². The van der Waals surface area contributed by atoms with Crippen molar-refractivity contribution in [2.75, 3.05) is 32.8 Å². The molecule has 24 heavy (non-hydrogen) atoms. The molecular formula is C19H25N3OS. The third-order valence-electron chi connectivity index (χ3n) is 5.25. The number of benzene rings is 1. The van der Waals surface area contributed by atoms with Gasteiger partial charge < -0.3 is 4.74 Å². The predicted octanol–water partition coefficient (Wildman–Crippen LogP) is 2.66. The van der Waals surface area contributed by atoms with Gasteiger partial charge in [0.1, 0.15) is 5.01 Å². The molecule has 1 aromatic carbocycles. The highest BCUT2D eigenvalue weighted by atomic mass is 32.1. The lowest BCUT2D eigenvalue weighted by Gasteiger charge is -2.37. The molecule has 2 aliphatic heterocycles. The Hall–Kier alpha value is -1.27. The lowest BCUT2D eigenvalue weighted by Crippen LogP contribution is -2.50. The number of hydrogen-bond acceptors (Lipinski definition) is 5. The minimum absolute atomic E-state index is 0.564. The molecule has 2 aromatic rings. The SMILES string of the molecule is c1ccc(C[C@@H]2[C@@H](N3CCOCC3)CCN2Cc2nccs2)cc1. The molecule has 3 heterocycles. The van der Waals surface area contributed by atoms with Crippen molar-refractivity contribution in [1.82, 2.24) is 14.8 Å². The van der Waals surface area contributed by atoms with Crippen molar-refractivity contribution in [3.05, 3.63) is 52.5 Å². The summed E-state index contributed by atoms with van der Waals surface area (Å²) in [6, 6.07) is 12.1. The summed E-state index contributed by atoms with van der Waals surface area (Å²) in [4.78, 5) is 9.80. The topological polar surface area (TPSA) is 28.6 Å². The van der Waals surface area contributed by atoms with E-state index in [9.17, 15) is 0 Å². The second-order valence-corrected chi connectivity index (χ2v) is 7.64. The zero-order valence-corrected chi connectivity index (χ0v) is 14.8. The minimum atomic E-state index is 0.564. The van der Waals surface area contributed by atoms with E-state index in [2.05, 4.69) is 50.5 Å². The molecule has 0 radical (unpaired) electrons. The Morgan fingerprint density at radius 2 is 1.96 bits per heavy atom. The Balaban J connectivity index is 1.52. The summed E-state index contributed by atoms with van der Waals surface area (Å²) in [6.45, 7) is 6.04. The number of ether oxygens (including phenoxy) is 1. The molecule has 0 aliphatic carbocycles. The number of likely N-dealkylation sites (tertiary alicyclic amines) is 1. The van der Waals surface area contributed by atoms with Gasteiger partial charge in [0.05, 0.1) is 19.8 Å². The third-order valence-corrected chi connectivity index (χ3v) is 6.01. The van der Waals surface area contributed by atoms with Gasteiger partial charge >= 0.3 is 0 Å². The van der Waals surface area contributed by atoms with Crippen LogP contribution in [-0.4, -0.2) is 59.7 Å². The fraction of sp³-hybridized carbons (Fsp3) is 0.526. The zero-order chi connectivity index (χ0) is 16.2. The Kier molecular flexibility index (Phi) is 5.23. The van der Waals surface area contributed by atoms with Crippen molar-refractivity contribution < 1.29 is 4.74 Å². The first-order chi connectivity index (χ1) is 11.9. The maximum absolute atomic E-state index is 5.56. The maximum atomic E-state index is 5.56. The first-order valence-electron chi connectivity index (χ1n) is 8.88. The third kappa shape index (κ3) is 3.70. The number of morpholine rings is 1. The van der Waals surface area contributed by atoms with Gasteiger partial charge in [0.15, 0.2) is 0 Å². The van der Waals surface area contributed by atoms with Gasteiger partial charge in [-0.15, -0.1) is 11.3 Å². The van der Waals surface area contributed by atoms with Gasteiger partial charge in [-0.05, 0) is 18.4 Å². The van der Waals surface area contributed by atoms with Gasteiger partial charge in [-0.2, -0.15) is 0 Å². The number of hydrogen-bond donors (Lipinski definition) is 0. The Labute approximate surface area is 148 Å². The van der Waals surface area contributed by atoms with Crippen LogP contribution < -0.4 is 0 Å². The van der Waals surface area contributed by atoms with Gasteiger partial charge in [-0.1, -0.05) is 30.3 Å². The Morgan fingerprint density at radius 3 is 2.71 bits per heavy atom. The molecule has 0 saturated carbocycles. The summed E-state index contributed by atoms with van der Waals surface area (Å²) in [6.07, 6.45) is 4.29. The van der Waals surface area contributed by atoms with E-state index in [0.717, 1.165) is 39.3 Å². The Bertz CT molecular complexity index is 613. The summed E-state index contributed by atoms with van der Waals surface area (Å²) >= 11 is 1.77. The largest absolute Gasteiger partial charge is 0.379 e. The monoisotopic (exact) mass is 343 g/mol. The lowest BCUT2D eigenvalue weighted by atomic mass is 9.98. The number of rotatable bonds is 5. The summed E-state index contributed by atoms with van der Waals surface area (Å²) in [5.74, 6) is 0. The summed E-state index contributed by atoms with van der Waals surface area (Å²) < 4.78 is 5.56. The number of nitrogens with zero attached hydrogens (tertiary/aromatic N) is 3. The van der Waals surface area contributed by atoms with Crippen molar-refractivity contribution >= 4 is 11.3 Å². The van der Waals surface area contributed by atoms with Gasteiger partial charge in [-0.3, -0.25) is 9.80 Å². The van der Waals surface area contributed by atoms with Crippen LogP contribution in [0.25, 0.3) is 0 Å². The fourth-order valence-electron chi connectivity index (χ4n) is 4.06. The average Bonchev–Trinajstić information content (AvgIpc) is 3.28. The smallest absolute Gasteiger partial charge is 0.107 e. The first-order valence-corrected chi connectivity index (χ1v) is 9.76. The molecule has 2 saturated heterocycles. The van der Waals surface area contributed by atoms with Crippen LogP contribution in [0.4, 0.5) is 0 Å². The molecule has 2 fully saturated rings. The highest BCUT2D eigenvalue weighted by molar-refractivity contribution is 7.09. The molecule has 2 aliphatic rings. The van der Waals surface area contributed by atoms with E-state index in [1.54, 1.807) is 11.3 Å². The molecule has 0 bridgehead atoms. The van der Waals surface area contributed by atoms with E-state index >= 15 is 0 Å². The van der Waals surface area contributed by atoms with Crippen molar-refractivity contribution in [1.29, 1.82) is 0 Å². The Morgan fingerprint density at radius 1 is 1.12 bits per heavy atom. The van der Waals surface area contributed by atoms with Crippen LogP contribution in [0.2, 0.25) is 0 Å². The van der Waals surface area contributed by atoms with E-state index in [-0.39, 0.29) is 0 Å². The zero-order valence-electron chi connectivity index (χ0n) is 14.0. The molecule has 0 amide bonds. The van der Waals surface area contributed by atoms with E-state index in [1.165, 1.54) is 23.5 Å². The van der Waals surface area contributed by atoms with Crippen LogP contribution >= 0.6 is 11.3 Å². The molecule has 2 atom stereocenters. The van der Waals surface area contributed by atoms with Crippen molar-refractivity contribution in [3.63, 3.8) is 0 Å². The lowest BCUT2D eigenvalue weighted by molar-refractivity contribution is 0.00789. The number of aromatic nitrogens is 1. The molecular weight excluding hydrogens is 318 g/mol. The molecule has 5 heteroatoms. The maximum Gasteiger partial charge on any atom is 0.107 e. The van der Waals surface area contributed by atoms with Crippen molar-refractivity contribution in [2.24, 2.45) is 0 Å². The molecule has 4 nitrogen and oxygen atoms in total. The van der Waals surface area contributed by atoms with Gasteiger partial charge in [0, 0.05) is 43.3 Å². The predicted molar refractivity (Wildman–Crippen MR) is 97.3 cm³/mol.